The summed E-state index contributed by atoms with van der Waals surface area (Å²) in [6, 6.07) is 9.45. The minimum atomic E-state index is -0.0806. The molecule has 1 aliphatic heterocycles. The van der Waals surface area contributed by atoms with Crippen molar-refractivity contribution < 1.29 is 9.53 Å². The zero-order chi connectivity index (χ0) is 12.8. The fourth-order valence-corrected chi connectivity index (χ4v) is 2.07. The predicted molar refractivity (Wildman–Crippen MR) is 70.4 cm³/mol. The van der Waals surface area contributed by atoms with Crippen molar-refractivity contribution in [1.29, 1.82) is 0 Å². The lowest BCUT2D eigenvalue weighted by atomic mass is 10.1. The average molecular weight is 249 g/mol. The first-order valence-corrected chi connectivity index (χ1v) is 6.21. The highest BCUT2D eigenvalue weighted by atomic mass is 16.5. The van der Waals surface area contributed by atoms with E-state index in [0.29, 0.717) is 26.3 Å². The maximum absolute atomic E-state index is 12.2. The van der Waals surface area contributed by atoms with Gasteiger partial charge in [0.15, 0.2) is 0 Å². The molecule has 2 amide bonds. The van der Waals surface area contributed by atoms with Crippen LogP contribution in [0.4, 0.5) is 10.5 Å². The normalized spacial score (nSPS) is 19.6. The van der Waals surface area contributed by atoms with E-state index in [2.05, 4.69) is 5.32 Å². The number of hydrogen-bond acceptors (Lipinski definition) is 3. The largest absolute Gasteiger partial charge is 0.377 e. The standard InChI is InChI=1S/C13H19N3O2/c14-7-6-12-10-18-9-8-16(12)13(17)15-11-4-2-1-3-5-11/h1-5,12H,6-10,14H2,(H,15,17). The summed E-state index contributed by atoms with van der Waals surface area (Å²) in [5.74, 6) is 0. The van der Waals surface area contributed by atoms with Crippen LogP contribution in [-0.2, 0) is 4.74 Å². The molecule has 1 atom stereocenters. The van der Waals surface area contributed by atoms with Gasteiger partial charge in [0.1, 0.15) is 0 Å². The Balaban J connectivity index is 1.98. The number of urea groups is 1. The molecule has 1 aromatic rings. The van der Waals surface area contributed by atoms with Gasteiger partial charge in [-0.3, -0.25) is 0 Å². The topological polar surface area (TPSA) is 67.6 Å². The molecule has 5 nitrogen and oxygen atoms in total. The van der Waals surface area contributed by atoms with E-state index in [1.165, 1.54) is 0 Å². The Morgan fingerprint density at radius 1 is 1.44 bits per heavy atom. The zero-order valence-corrected chi connectivity index (χ0v) is 10.3. The van der Waals surface area contributed by atoms with Gasteiger partial charge in [-0.25, -0.2) is 4.79 Å². The molecule has 0 aromatic heterocycles. The Labute approximate surface area is 107 Å². The van der Waals surface area contributed by atoms with Crippen LogP contribution in [0.15, 0.2) is 30.3 Å². The molecule has 98 valence electrons. The van der Waals surface area contributed by atoms with Crippen molar-refractivity contribution in [2.45, 2.75) is 12.5 Å². The maximum Gasteiger partial charge on any atom is 0.322 e. The van der Waals surface area contributed by atoms with E-state index in [1.54, 1.807) is 0 Å². The molecule has 1 unspecified atom stereocenters. The number of amides is 2. The van der Waals surface area contributed by atoms with Gasteiger partial charge in [-0.1, -0.05) is 18.2 Å². The van der Waals surface area contributed by atoms with Crippen molar-refractivity contribution in [3.63, 3.8) is 0 Å². The van der Waals surface area contributed by atoms with E-state index in [4.69, 9.17) is 10.5 Å². The van der Waals surface area contributed by atoms with Crippen LogP contribution in [0.5, 0.6) is 0 Å². The van der Waals surface area contributed by atoms with Crippen molar-refractivity contribution in [2.24, 2.45) is 5.73 Å². The van der Waals surface area contributed by atoms with Crippen LogP contribution in [0.25, 0.3) is 0 Å². The lowest BCUT2D eigenvalue weighted by Crippen LogP contribution is -2.51. The lowest BCUT2D eigenvalue weighted by molar-refractivity contribution is 0.0135. The number of anilines is 1. The average Bonchev–Trinajstić information content (AvgIpc) is 2.41. The SMILES string of the molecule is NCCC1COCCN1C(=O)Nc1ccccc1. The molecule has 1 saturated heterocycles. The summed E-state index contributed by atoms with van der Waals surface area (Å²) in [5, 5.41) is 2.89. The second-order valence-electron chi connectivity index (χ2n) is 4.30. The van der Waals surface area contributed by atoms with E-state index in [-0.39, 0.29) is 12.1 Å². The molecular formula is C13H19N3O2. The minimum Gasteiger partial charge on any atom is -0.377 e. The number of nitrogens with two attached hydrogens (primary N) is 1. The van der Waals surface area contributed by atoms with Crippen LogP contribution in [-0.4, -0.2) is 43.3 Å². The van der Waals surface area contributed by atoms with Crippen molar-refractivity contribution in [1.82, 2.24) is 4.90 Å². The summed E-state index contributed by atoms with van der Waals surface area (Å²) >= 11 is 0. The highest BCUT2D eigenvalue weighted by molar-refractivity contribution is 5.89. The first kappa shape index (κ1) is 12.9. The van der Waals surface area contributed by atoms with Gasteiger partial charge in [0.05, 0.1) is 19.3 Å². The zero-order valence-electron chi connectivity index (χ0n) is 10.3. The van der Waals surface area contributed by atoms with E-state index < -0.39 is 0 Å². The summed E-state index contributed by atoms with van der Waals surface area (Å²) < 4.78 is 5.39. The second-order valence-corrected chi connectivity index (χ2v) is 4.30. The van der Waals surface area contributed by atoms with E-state index >= 15 is 0 Å². The van der Waals surface area contributed by atoms with Crippen molar-refractivity contribution >= 4 is 11.7 Å². The van der Waals surface area contributed by atoms with Crippen LogP contribution in [0.1, 0.15) is 6.42 Å². The smallest absolute Gasteiger partial charge is 0.322 e. The molecule has 1 fully saturated rings. The highest BCUT2D eigenvalue weighted by Crippen LogP contribution is 2.13. The van der Waals surface area contributed by atoms with E-state index in [1.807, 2.05) is 35.2 Å². The third kappa shape index (κ3) is 3.21. The summed E-state index contributed by atoms with van der Waals surface area (Å²) in [4.78, 5) is 14.0. The Kier molecular flexibility index (Phi) is 4.55. The molecule has 5 heteroatoms. The van der Waals surface area contributed by atoms with Crippen molar-refractivity contribution in [3.8, 4) is 0 Å². The minimum absolute atomic E-state index is 0.0764. The molecule has 0 aliphatic carbocycles. The van der Waals surface area contributed by atoms with Crippen molar-refractivity contribution in [3.05, 3.63) is 30.3 Å². The fraction of sp³-hybridized carbons (Fsp3) is 0.462. The molecule has 3 N–H and O–H groups in total. The summed E-state index contributed by atoms with van der Waals surface area (Å²) in [6.07, 6.45) is 0.766. The van der Waals surface area contributed by atoms with Crippen LogP contribution >= 0.6 is 0 Å². The number of rotatable bonds is 3. The molecule has 0 spiro atoms. The highest BCUT2D eigenvalue weighted by Gasteiger charge is 2.26. The maximum atomic E-state index is 12.2. The van der Waals surface area contributed by atoms with Gasteiger partial charge in [-0.15, -0.1) is 0 Å². The molecule has 0 radical (unpaired) electrons. The molecule has 18 heavy (non-hydrogen) atoms. The molecule has 0 saturated carbocycles. The molecule has 0 bridgehead atoms. The quantitative estimate of drug-likeness (QED) is 0.847. The van der Waals surface area contributed by atoms with Gasteiger partial charge >= 0.3 is 6.03 Å². The Morgan fingerprint density at radius 3 is 2.94 bits per heavy atom. The van der Waals surface area contributed by atoms with Crippen LogP contribution in [0, 0.1) is 0 Å². The van der Waals surface area contributed by atoms with E-state index in [0.717, 1.165) is 12.1 Å². The second kappa shape index (κ2) is 6.37. The Bertz CT molecular complexity index is 381. The number of morpholine rings is 1. The third-order valence-corrected chi connectivity index (χ3v) is 3.01. The molecule has 1 aromatic carbocycles. The first-order valence-electron chi connectivity index (χ1n) is 6.21. The number of carbonyl (C=O) groups excluding carboxylic acids is 1. The number of ether oxygens (including phenoxy) is 1. The van der Waals surface area contributed by atoms with E-state index in [9.17, 15) is 4.79 Å². The van der Waals surface area contributed by atoms with Gasteiger partial charge in [-0.05, 0) is 25.1 Å². The summed E-state index contributed by atoms with van der Waals surface area (Å²) in [6.45, 7) is 2.33. The number of para-hydroxylation sites is 1. The monoisotopic (exact) mass is 249 g/mol. The van der Waals surface area contributed by atoms with Gasteiger partial charge < -0.3 is 20.7 Å². The van der Waals surface area contributed by atoms with Crippen LogP contribution in [0.3, 0.4) is 0 Å². The van der Waals surface area contributed by atoms with Gasteiger partial charge in [-0.2, -0.15) is 0 Å². The summed E-state index contributed by atoms with van der Waals surface area (Å²) in [7, 11) is 0. The third-order valence-electron chi connectivity index (χ3n) is 3.01. The Hall–Kier alpha value is -1.59. The van der Waals surface area contributed by atoms with Crippen LogP contribution < -0.4 is 11.1 Å². The predicted octanol–water partition coefficient (Wildman–Crippen LogP) is 1.27. The number of benzene rings is 1. The van der Waals surface area contributed by atoms with Gasteiger partial charge in [0, 0.05) is 12.2 Å². The first-order chi connectivity index (χ1) is 8.81. The lowest BCUT2D eigenvalue weighted by Gasteiger charge is -2.35. The molecule has 1 aliphatic rings. The fourth-order valence-electron chi connectivity index (χ4n) is 2.07. The molecule has 2 rings (SSSR count). The number of nitrogens with zero attached hydrogens (tertiary/aromatic N) is 1. The van der Waals surface area contributed by atoms with Crippen molar-refractivity contribution in [2.75, 3.05) is 31.6 Å². The summed E-state index contributed by atoms with van der Waals surface area (Å²) in [5.41, 5.74) is 6.37. The van der Waals surface area contributed by atoms with Crippen LogP contribution in [0.2, 0.25) is 0 Å². The number of carbonyl (C=O) groups is 1. The molecular weight excluding hydrogens is 230 g/mol. The number of nitrogens with one attached hydrogen (secondary N) is 1. The molecule has 1 heterocycles. The van der Waals surface area contributed by atoms with Gasteiger partial charge in [0.2, 0.25) is 0 Å². The Morgan fingerprint density at radius 2 is 2.22 bits per heavy atom. The van der Waals surface area contributed by atoms with Gasteiger partial charge in [0.25, 0.3) is 0 Å². The number of hydrogen-bond donors (Lipinski definition) is 2.